The van der Waals surface area contributed by atoms with Crippen molar-refractivity contribution in [2.75, 3.05) is 20.0 Å². The zero-order valence-corrected chi connectivity index (χ0v) is 13.6. The standard InChI is InChI=1S/C14H18BrN3O2/c1-5-8-9(11-7-12(16)18(2)17-11)6-10(15)14(20-4)13(8)19-3/h6-7H,5,16H2,1-4H3. The van der Waals surface area contributed by atoms with Gasteiger partial charge in [0, 0.05) is 24.2 Å². The van der Waals surface area contributed by atoms with Gasteiger partial charge < -0.3 is 15.2 Å². The van der Waals surface area contributed by atoms with Crippen LogP contribution in [-0.4, -0.2) is 24.0 Å². The molecular weight excluding hydrogens is 322 g/mol. The molecule has 2 rings (SSSR count). The minimum atomic E-state index is 0.618. The number of aryl methyl sites for hydroxylation is 1. The van der Waals surface area contributed by atoms with Crippen molar-refractivity contribution in [3.8, 4) is 22.8 Å². The van der Waals surface area contributed by atoms with Gasteiger partial charge in [-0.05, 0) is 28.4 Å². The lowest BCUT2D eigenvalue weighted by molar-refractivity contribution is 0.350. The summed E-state index contributed by atoms with van der Waals surface area (Å²) >= 11 is 3.51. The van der Waals surface area contributed by atoms with E-state index in [1.54, 1.807) is 18.9 Å². The predicted octanol–water partition coefficient (Wildman–Crippen LogP) is 3.01. The summed E-state index contributed by atoms with van der Waals surface area (Å²) < 4.78 is 13.4. The van der Waals surface area contributed by atoms with Crippen molar-refractivity contribution < 1.29 is 9.47 Å². The Morgan fingerprint density at radius 2 is 1.90 bits per heavy atom. The minimum absolute atomic E-state index is 0.618. The van der Waals surface area contributed by atoms with Crippen LogP contribution in [0.4, 0.5) is 5.82 Å². The van der Waals surface area contributed by atoms with E-state index in [9.17, 15) is 0 Å². The molecule has 0 aliphatic rings. The van der Waals surface area contributed by atoms with Gasteiger partial charge in [0.2, 0.25) is 0 Å². The van der Waals surface area contributed by atoms with Gasteiger partial charge in [0.05, 0.1) is 24.4 Å². The van der Waals surface area contributed by atoms with Gasteiger partial charge in [-0.1, -0.05) is 6.92 Å². The molecule has 0 radical (unpaired) electrons. The summed E-state index contributed by atoms with van der Waals surface area (Å²) in [7, 11) is 5.08. The maximum absolute atomic E-state index is 5.87. The lowest BCUT2D eigenvalue weighted by atomic mass is 10.0. The van der Waals surface area contributed by atoms with E-state index < -0.39 is 0 Å². The second-order valence-electron chi connectivity index (χ2n) is 4.38. The quantitative estimate of drug-likeness (QED) is 0.929. The van der Waals surface area contributed by atoms with E-state index in [4.69, 9.17) is 15.2 Å². The molecule has 108 valence electrons. The van der Waals surface area contributed by atoms with Crippen LogP contribution in [0.2, 0.25) is 0 Å². The number of anilines is 1. The molecule has 0 saturated carbocycles. The van der Waals surface area contributed by atoms with E-state index in [0.717, 1.165) is 33.5 Å². The number of hydrogen-bond acceptors (Lipinski definition) is 4. The number of methoxy groups -OCH3 is 2. The van der Waals surface area contributed by atoms with Crippen LogP contribution < -0.4 is 15.2 Å². The Kier molecular flexibility index (Phi) is 4.23. The van der Waals surface area contributed by atoms with Crippen molar-refractivity contribution in [3.05, 3.63) is 22.2 Å². The molecule has 0 unspecified atom stereocenters. The van der Waals surface area contributed by atoms with Gasteiger partial charge in [0.15, 0.2) is 11.5 Å². The third-order valence-corrected chi connectivity index (χ3v) is 3.84. The van der Waals surface area contributed by atoms with E-state index >= 15 is 0 Å². The summed E-state index contributed by atoms with van der Waals surface area (Å²) in [5, 5.41) is 4.44. The van der Waals surface area contributed by atoms with Crippen LogP contribution in [0.3, 0.4) is 0 Å². The molecule has 6 heteroatoms. The van der Waals surface area contributed by atoms with Crippen LogP contribution >= 0.6 is 15.9 Å². The zero-order valence-electron chi connectivity index (χ0n) is 12.0. The largest absolute Gasteiger partial charge is 0.493 e. The Morgan fingerprint density at radius 1 is 1.25 bits per heavy atom. The van der Waals surface area contributed by atoms with E-state index in [1.807, 2.05) is 19.2 Å². The molecule has 0 aliphatic heterocycles. The van der Waals surface area contributed by atoms with E-state index in [-0.39, 0.29) is 0 Å². The maximum atomic E-state index is 5.87. The molecule has 0 aliphatic carbocycles. The minimum Gasteiger partial charge on any atom is -0.493 e. The summed E-state index contributed by atoms with van der Waals surface area (Å²) in [5.74, 6) is 2.04. The third kappa shape index (κ3) is 2.35. The van der Waals surface area contributed by atoms with Crippen LogP contribution in [0.15, 0.2) is 16.6 Å². The first kappa shape index (κ1) is 14.7. The number of rotatable bonds is 4. The number of nitrogens with two attached hydrogens (primary N) is 1. The molecule has 1 aromatic carbocycles. The first-order chi connectivity index (χ1) is 9.53. The molecule has 0 bridgehead atoms. The van der Waals surface area contributed by atoms with Gasteiger partial charge >= 0.3 is 0 Å². The fourth-order valence-electron chi connectivity index (χ4n) is 2.25. The smallest absolute Gasteiger partial charge is 0.175 e. The molecule has 2 N–H and O–H groups in total. The summed E-state index contributed by atoms with van der Waals surface area (Å²) in [6.07, 6.45) is 0.804. The fourth-order valence-corrected chi connectivity index (χ4v) is 2.82. The number of benzene rings is 1. The highest BCUT2D eigenvalue weighted by Crippen LogP contribution is 2.43. The number of halogens is 1. The van der Waals surface area contributed by atoms with E-state index in [1.165, 1.54) is 0 Å². The molecule has 20 heavy (non-hydrogen) atoms. The van der Waals surface area contributed by atoms with Crippen molar-refractivity contribution in [3.63, 3.8) is 0 Å². The molecule has 0 fully saturated rings. The topological polar surface area (TPSA) is 62.3 Å². The van der Waals surface area contributed by atoms with Crippen molar-refractivity contribution in [1.29, 1.82) is 0 Å². The van der Waals surface area contributed by atoms with Crippen molar-refractivity contribution in [2.24, 2.45) is 7.05 Å². The van der Waals surface area contributed by atoms with Gasteiger partial charge in [-0.2, -0.15) is 5.10 Å². The average Bonchev–Trinajstić information content (AvgIpc) is 2.77. The number of hydrogen-bond donors (Lipinski definition) is 1. The van der Waals surface area contributed by atoms with Crippen LogP contribution in [0.5, 0.6) is 11.5 Å². The van der Waals surface area contributed by atoms with Crippen molar-refractivity contribution in [2.45, 2.75) is 13.3 Å². The number of nitrogen functional groups attached to an aromatic ring is 1. The molecular formula is C14H18BrN3O2. The Balaban J connectivity index is 2.73. The summed E-state index contributed by atoms with van der Waals surface area (Å²) in [4.78, 5) is 0. The van der Waals surface area contributed by atoms with Crippen molar-refractivity contribution >= 4 is 21.7 Å². The van der Waals surface area contributed by atoms with Crippen LogP contribution in [0, 0.1) is 0 Å². The summed E-state index contributed by atoms with van der Waals surface area (Å²) in [6, 6.07) is 3.84. The molecule has 2 aromatic rings. The molecule has 1 heterocycles. The van der Waals surface area contributed by atoms with Crippen LogP contribution in [0.1, 0.15) is 12.5 Å². The Bertz CT molecular complexity index is 618. The highest BCUT2D eigenvalue weighted by molar-refractivity contribution is 9.10. The second-order valence-corrected chi connectivity index (χ2v) is 5.24. The monoisotopic (exact) mass is 339 g/mol. The Hall–Kier alpha value is -1.69. The first-order valence-electron chi connectivity index (χ1n) is 6.26. The number of nitrogens with zero attached hydrogens (tertiary/aromatic N) is 2. The van der Waals surface area contributed by atoms with Gasteiger partial charge in [-0.15, -0.1) is 0 Å². The van der Waals surface area contributed by atoms with Gasteiger partial charge in [0.25, 0.3) is 0 Å². The maximum Gasteiger partial charge on any atom is 0.175 e. The molecule has 1 aromatic heterocycles. The molecule has 0 saturated heterocycles. The van der Waals surface area contributed by atoms with E-state index in [2.05, 4.69) is 28.0 Å². The average molecular weight is 340 g/mol. The normalized spacial score (nSPS) is 10.7. The number of aromatic nitrogens is 2. The van der Waals surface area contributed by atoms with Crippen LogP contribution in [-0.2, 0) is 13.5 Å². The van der Waals surface area contributed by atoms with Gasteiger partial charge in [0.1, 0.15) is 5.82 Å². The van der Waals surface area contributed by atoms with Gasteiger partial charge in [-0.25, -0.2) is 0 Å². The summed E-state index contributed by atoms with van der Waals surface area (Å²) in [6.45, 7) is 2.07. The molecule has 5 nitrogen and oxygen atoms in total. The first-order valence-corrected chi connectivity index (χ1v) is 7.06. The molecule has 0 amide bonds. The molecule has 0 atom stereocenters. The van der Waals surface area contributed by atoms with Crippen LogP contribution in [0.25, 0.3) is 11.3 Å². The predicted molar refractivity (Wildman–Crippen MR) is 83.2 cm³/mol. The van der Waals surface area contributed by atoms with E-state index in [0.29, 0.717) is 11.6 Å². The highest BCUT2D eigenvalue weighted by atomic mass is 79.9. The molecule has 0 spiro atoms. The highest BCUT2D eigenvalue weighted by Gasteiger charge is 2.20. The van der Waals surface area contributed by atoms with Crippen molar-refractivity contribution in [1.82, 2.24) is 9.78 Å². The lowest BCUT2D eigenvalue weighted by Gasteiger charge is -2.16. The fraction of sp³-hybridized carbons (Fsp3) is 0.357. The zero-order chi connectivity index (χ0) is 14.9. The second kappa shape index (κ2) is 5.75. The lowest BCUT2D eigenvalue weighted by Crippen LogP contribution is -2.00. The Morgan fingerprint density at radius 3 is 2.35 bits per heavy atom. The SMILES string of the molecule is CCc1c(-c2cc(N)n(C)n2)cc(Br)c(OC)c1OC. The summed E-state index contributed by atoms with van der Waals surface area (Å²) in [5.41, 5.74) is 8.73. The van der Waals surface area contributed by atoms with Gasteiger partial charge in [-0.3, -0.25) is 4.68 Å². The number of ether oxygens (including phenoxy) is 2. The third-order valence-electron chi connectivity index (χ3n) is 3.25. The Labute approximate surface area is 126 Å².